The van der Waals surface area contributed by atoms with Crippen molar-refractivity contribution in [1.29, 1.82) is 0 Å². The first-order valence-corrected chi connectivity index (χ1v) is 9.19. The van der Waals surface area contributed by atoms with Crippen molar-refractivity contribution in [3.05, 3.63) is 29.8 Å². The van der Waals surface area contributed by atoms with Gasteiger partial charge in [0.1, 0.15) is 5.75 Å². The highest BCUT2D eigenvalue weighted by atomic mass is 16.5. The first-order valence-electron chi connectivity index (χ1n) is 9.19. The van der Waals surface area contributed by atoms with Gasteiger partial charge in [0.2, 0.25) is 5.91 Å². The van der Waals surface area contributed by atoms with Crippen LogP contribution in [-0.4, -0.2) is 92.7 Å². The van der Waals surface area contributed by atoms with Crippen molar-refractivity contribution in [2.45, 2.75) is 6.42 Å². The molecule has 1 aromatic rings. The number of amides is 2. The SMILES string of the molecule is COc1ccccc1C(=O)N1CCN(C(=O)CCN2CCOCC2)CC1. The predicted octanol–water partition coefficient (Wildman–Crippen LogP) is 0.702. The number of ether oxygens (including phenoxy) is 2. The second-order valence-electron chi connectivity index (χ2n) is 6.58. The summed E-state index contributed by atoms with van der Waals surface area (Å²) in [6, 6.07) is 7.25. The Kier molecular flexibility index (Phi) is 6.46. The summed E-state index contributed by atoms with van der Waals surface area (Å²) in [6.45, 7) is 6.35. The van der Waals surface area contributed by atoms with E-state index in [0.29, 0.717) is 43.9 Å². The van der Waals surface area contributed by atoms with Crippen LogP contribution < -0.4 is 4.74 Å². The molecule has 0 saturated carbocycles. The molecule has 2 aliphatic rings. The molecule has 2 amide bonds. The van der Waals surface area contributed by atoms with E-state index in [2.05, 4.69) is 4.90 Å². The zero-order chi connectivity index (χ0) is 18.4. The lowest BCUT2D eigenvalue weighted by molar-refractivity contribution is -0.133. The van der Waals surface area contributed by atoms with Crippen LogP contribution in [0, 0.1) is 0 Å². The summed E-state index contributed by atoms with van der Waals surface area (Å²) < 4.78 is 10.6. The fourth-order valence-corrected chi connectivity index (χ4v) is 3.39. The van der Waals surface area contributed by atoms with Crippen molar-refractivity contribution in [2.24, 2.45) is 0 Å². The van der Waals surface area contributed by atoms with Crippen molar-refractivity contribution in [2.75, 3.05) is 66.1 Å². The average molecular weight is 361 g/mol. The second-order valence-corrected chi connectivity index (χ2v) is 6.58. The molecule has 2 saturated heterocycles. The van der Waals surface area contributed by atoms with E-state index in [4.69, 9.17) is 9.47 Å². The largest absolute Gasteiger partial charge is 0.496 e. The van der Waals surface area contributed by atoms with Gasteiger partial charge in [-0.3, -0.25) is 14.5 Å². The van der Waals surface area contributed by atoms with Crippen LogP contribution in [0.15, 0.2) is 24.3 Å². The second kappa shape index (κ2) is 9.00. The first-order chi connectivity index (χ1) is 12.7. The Morgan fingerprint density at radius 1 is 1.00 bits per heavy atom. The van der Waals surface area contributed by atoms with Crippen LogP contribution in [0.3, 0.4) is 0 Å². The number of hydrogen-bond donors (Lipinski definition) is 0. The molecule has 0 bridgehead atoms. The molecule has 3 rings (SSSR count). The topological polar surface area (TPSA) is 62.3 Å². The van der Waals surface area contributed by atoms with Gasteiger partial charge in [0, 0.05) is 52.2 Å². The minimum atomic E-state index is -0.0390. The van der Waals surface area contributed by atoms with Crippen LogP contribution >= 0.6 is 0 Å². The highest BCUT2D eigenvalue weighted by molar-refractivity contribution is 5.97. The van der Waals surface area contributed by atoms with Gasteiger partial charge in [-0.05, 0) is 12.1 Å². The molecule has 0 atom stereocenters. The molecule has 0 N–H and O–H groups in total. The fraction of sp³-hybridized carbons (Fsp3) is 0.579. The molecule has 2 fully saturated rings. The molecule has 7 nitrogen and oxygen atoms in total. The normalized spacial score (nSPS) is 18.7. The number of methoxy groups -OCH3 is 1. The third-order valence-electron chi connectivity index (χ3n) is 5.00. The summed E-state index contributed by atoms with van der Waals surface area (Å²) in [5.74, 6) is 0.713. The highest BCUT2D eigenvalue weighted by Gasteiger charge is 2.26. The molecule has 0 aromatic heterocycles. The fourth-order valence-electron chi connectivity index (χ4n) is 3.39. The minimum Gasteiger partial charge on any atom is -0.496 e. The molecule has 0 spiro atoms. The third-order valence-corrected chi connectivity index (χ3v) is 5.00. The summed E-state index contributed by atoms with van der Waals surface area (Å²) in [6.07, 6.45) is 0.528. The van der Waals surface area contributed by atoms with Crippen molar-refractivity contribution in [3.63, 3.8) is 0 Å². The molecule has 0 unspecified atom stereocenters. The number of piperazine rings is 1. The summed E-state index contributed by atoms with van der Waals surface area (Å²) >= 11 is 0. The molecular weight excluding hydrogens is 334 g/mol. The van der Waals surface area contributed by atoms with E-state index in [0.717, 1.165) is 32.8 Å². The quantitative estimate of drug-likeness (QED) is 0.773. The molecule has 26 heavy (non-hydrogen) atoms. The van der Waals surface area contributed by atoms with Gasteiger partial charge in [-0.25, -0.2) is 0 Å². The van der Waals surface area contributed by atoms with Gasteiger partial charge in [0.25, 0.3) is 5.91 Å². The number of benzene rings is 1. The van der Waals surface area contributed by atoms with E-state index in [1.807, 2.05) is 17.0 Å². The van der Waals surface area contributed by atoms with Gasteiger partial charge in [0.15, 0.2) is 0 Å². The minimum absolute atomic E-state index is 0.0390. The summed E-state index contributed by atoms with van der Waals surface area (Å²) in [7, 11) is 1.57. The zero-order valence-corrected chi connectivity index (χ0v) is 15.4. The standard InChI is InChI=1S/C19H27N3O4/c1-25-17-5-3-2-4-16(17)19(24)22-10-8-21(9-11-22)18(23)6-7-20-12-14-26-15-13-20/h2-5H,6-15H2,1H3. The Morgan fingerprint density at radius 3 is 2.35 bits per heavy atom. The number of nitrogens with zero attached hydrogens (tertiary/aromatic N) is 3. The first kappa shape index (κ1) is 18.7. The lowest BCUT2D eigenvalue weighted by Crippen LogP contribution is -2.51. The monoisotopic (exact) mass is 361 g/mol. The van der Waals surface area contributed by atoms with Crippen molar-refractivity contribution < 1.29 is 19.1 Å². The summed E-state index contributed by atoms with van der Waals surface area (Å²) in [5.41, 5.74) is 0.571. The Hall–Kier alpha value is -2.12. The van der Waals surface area contributed by atoms with Crippen LogP contribution in [0.4, 0.5) is 0 Å². The van der Waals surface area contributed by atoms with Crippen molar-refractivity contribution in [1.82, 2.24) is 14.7 Å². The lowest BCUT2D eigenvalue weighted by atomic mass is 10.1. The molecular formula is C19H27N3O4. The Labute approximate surface area is 154 Å². The molecule has 0 aliphatic carbocycles. The Balaban J connectivity index is 1.47. The predicted molar refractivity (Wildman–Crippen MR) is 97.4 cm³/mol. The number of morpholine rings is 1. The maximum Gasteiger partial charge on any atom is 0.257 e. The zero-order valence-electron chi connectivity index (χ0n) is 15.4. The smallest absolute Gasteiger partial charge is 0.257 e. The van der Waals surface area contributed by atoms with E-state index in [1.54, 1.807) is 24.1 Å². The van der Waals surface area contributed by atoms with E-state index in [1.165, 1.54) is 0 Å². The number of carbonyl (C=O) groups excluding carboxylic acids is 2. The van der Waals surface area contributed by atoms with E-state index in [9.17, 15) is 9.59 Å². The van der Waals surface area contributed by atoms with Crippen molar-refractivity contribution in [3.8, 4) is 5.75 Å². The molecule has 142 valence electrons. The number of hydrogen-bond acceptors (Lipinski definition) is 5. The van der Waals surface area contributed by atoms with Gasteiger partial charge in [-0.1, -0.05) is 12.1 Å². The maximum atomic E-state index is 12.7. The molecule has 7 heteroatoms. The van der Waals surface area contributed by atoms with Crippen LogP contribution in [0.1, 0.15) is 16.8 Å². The lowest BCUT2D eigenvalue weighted by Gasteiger charge is -2.35. The maximum absolute atomic E-state index is 12.7. The van der Waals surface area contributed by atoms with Gasteiger partial charge < -0.3 is 19.3 Å². The molecule has 1 aromatic carbocycles. The van der Waals surface area contributed by atoms with Crippen LogP contribution in [0.5, 0.6) is 5.75 Å². The number of rotatable bonds is 5. The highest BCUT2D eigenvalue weighted by Crippen LogP contribution is 2.20. The van der Waals surface area contributed by atoms with Crippen LogP contribution in [0.2, 0.25) is 0 Å². The van der Waals surface area contributed by atoms with Gasteiger partial charge in [-0.2, -0.15) is 0 Å². The van der Waals surface area contributed by atoms with Crippen LogP contribution in [-0.2, 0) is 9.53 Å². The molecule has 2 aliphatic heterocycles. The molecule has 0 radical (unpaired) electrons. The number of para-hydroxylation sites is 1. The van der Waals surface area contributed by atoms with Crippen LogP contribution in [0.25, 0.3) is 0 Å². The summed E-state index contributed by atoms with van der Waals surface area (Å²) in [4.78, 5) is 31.1. The van der Waals surface area contributed by atoms with Gasteiger partial charge >= 0.3 is 0 Å². The van der Waals surface area contributed by atoms with Gasteiger partial charge in [-0.15, -0.1) is 0 Å². The van der Waals surface area contributed by atoms with E-state index in [-0.39, 0.29) is 11.8 Å². The van der Waals surface area contributed by atoms with E-state index < -0.39 is 0 Å². The Morgan fingerprint density at radius 2 is 1.65 bits per heavy atom. The molecule has 2 heterocycles. The number of carbonyl (C=O) groups is 2. The van der Waals surface area contributed by atoms with Gasteiger partial charge in [0.05, 0.1) is 25.9 Å². The Bertz CT molecular complexity index is 623. The summed E-state index contributed by atoms with van der Waals surface area (Å²) in [5, 5.41) is 0. The average Bonchev–Trinajstić information content (AvgIpc) is 2.72. The van der Waals surface area contributed by atoms with Crippen molar-refractivity contribution >= 4 is 11.8 Å². The van der Waals surface area contributed by atoms with E-state index >= 15 is 0 Å². The third kappa shape index (κ3) is 4.53.